The molecule has 0 saturated heterocycles. The van der Waals surface area contributed by atoms with Crippen molar-refractivity contribution in [2.24, 2.45) is 0 Å². The number of hydrogen-bond donors (Lipinski definition) is 2. The van der Waals surface area contributed by atoms with Crippen molar-refractivity contribution in [1.82, 2.24) is 0 Å². The van der Waals surface area contributed by atoms with Gasteiger partial charge in [-0.15, -0.1) is 0 Å². The summed E-state index contributed by atoms with van der Waals surface area (Å²) in [6.45, 7) is 2.42. The summed E-state index contributed by atoms with van der Waals surface area (Å²) in [6, 6.07) is 14.5. The molecule has 1 amide bonds. The van der Waals surface area contributed by atoms with Gasteiger partial charge in [-0.3, -0.25) is 9.59 Å². The maximum Gasteiger partial charge on any atom is 0.303 e. The predicted molar refractivity (Wildman–Crippen MR) is 92.6 cm³/mol. The lowest BCUT2D eigenvalue weighted by atomic mass is 10.1. The van der Waals surface area contributed by atoms with Gasteiger partial charge in [0.05, 0.1) is 6.61 Å². The van der Waals surface area contributed by atoms with Gasteiger partial charge < -0.3 is 15.2 Å². The average molecular weight is 327 g/mol. The van der Waals surface area contributed by atoms with E-state index in [9.17, 15) is 9.59 Å². The van der Waals surface area contributed by atoms with E-state index < -0.39 is 5.97 Å². The lowest BCUT2D eigenvalue weighted by Gasteiger charge is -2.08. The summed E-state index contributed by atoms with van der Waals surface area (Å²) in [4.78, 5) is 22.6. The molecule has 5 heteroatoms. The first-order valence-electron chi connectivity index (χ1n) is 7.93. The Morgan fingerprint density at radius 2 is 1.71 bits per heavy atom. The minimum absolute atomic E-state index is 0.0883. The fraction of sp³-hybridized carbons (Fsp3) is 0.263. The molecular formula is C19H21NO4. The molecule has 0 aliphatic rings. The highest BCUT2D eigenvalue weighted by Gasteiger charge is 2.06. The quantitative estimate of drug-likeness (QED) is 0.724. The van der Waals surface area contributed by atoms with Gasteiger partial charge in [-0.05, 0) is 54.8 Å². The fourth-order valence-corrected chi connectivity index (χ4v) is 2.14. The van der Waals surface area contributed by atoms with Gasteiger partial charge in [-0.2, -0.15) is 0 Å². The molecule has 0 radical (unpaired) electrons. The van der Waals surface area contributed by atoms with Crippen LogP contribution in [-0.2, 0) is 11.2 Å². The summed E-state index contributed by atoms with van der Waals surface area (Å²) >= 11 is 0. The zero-order valence-corrected chi connectivity index (χ0v) is 13.6. The van der Waals surface area contributed by atoms with Crippen LogP contribution in [0.3, 0.4) is 0 Å². The molecule has 2 aromatic carbocycles. The second kappa shape index (κ2) is 8.72. The van der Waals surface area contributed by atoms with Crippen molar-refractivity contribution in [2.75, 3.05) is 11.9 Å². The SMILES string of the molecule is CCc1ccc(C(=O)Nc2ccc(OCCCC(=O)O)cc2)cc1. The number of carbonyl (C=O) groups excluding carboxylic acids is 1. The number of aliphatic carboxylic acids is 1. The molecule has 0 heterocycles. The highest BCUT2D eigenvalue weighted by molar-refractivity contribution is 6.04. The number of carboxylic acid groups (broad SMARTS) is 1. The summed E-state index contributed by atoms with van der Waals surface area (Å²) in [7, 11) is 0. The molecule has 0 aliphatic heterocycles. The summed E-state index contributed by atoms with van der Waals surface area (Å²) in [5.41, 5.74) is 2.48. The number of amides is 1. The number of hydrogen-bond acceptors (Lipinski definition) is 3. The van der Waals surface area contributed by atoms with Crippen molar-refractivity contribution >= 4 is 17.6 Å². The first-order valence-corrected chi connectivity index (χ1v) is 7.93. The normalized spacial score (nSPS) is 10.2. The molecule has 0 saturated carbocycles. The van der Waals surface area contributed by atoms with Crippen LogP contribution in [-0.4, -0.2) is 23.6 Å². The summed E-state index contributed by atoms with van der Waals surface area (Å²) in [5, 5.41) is 11.4. The van der Waals surface area contributed by atoms with E-state index >= 15 is 0 Å². The van der Waals surface area contributed by atoms with E-state index in [0.29, 0.717) is 30.0 Å². The van der Waals surface area contributed by atoms with E-state index in [2.05, 4.69) is 12.2 Å². The third kappa shape index (κ3) is 5.43. The van der Waals surface area contributed by atoms with Gasteiger partial charge in [-0.25, -0.2) is 0 Å². The van der Waals surface area contributed by atoms with Crippen LogP contribution in [0.5, 0.6) is 5.75 Å². The van der Waals surface area contributed by atoms with Gasteiger partial charge >= 0.3 is 5.97 Å². The Bertz CT molecular complexity index is 678. The van der Waals surface area contributed by atoms with Gasteiger partial charge in [0, 0.05) is 17.7 Å². The van der Waals surface area contributed by atoms with Gasteiger partial charge in [0.25, 0.3) is 5.91 Å². The molecule has 0 unspecified atom stereocenters. The Kier molecular flexibility index (Phi) is 6.37. The first kappa shape index (κ1) is 17.5. The van der Waals surface area contributed by atoms with Gasteiger partial charge in [0.2, 0.25) is 0 Å². The van der Waals surface area contributed by atoms with Crippen molar-refractivity contribution in [1.29, 1.82) is 0 Å². The Morgan fingerprint density at radius 3 is 2.29 bits per heavy atom. The Labute approximate surface area is 141 Å². The summed E-state index contributed by atoms with van der Waals surface area (Å²) in [5.74, 6) is -0.345. The number of anilines is 1. The molecule has 0 atom stereocenters. The standard InChI is InChI=1S/C19H21NO4/c1-2-14-5-7-15(8-6-14)19(23)20-16-9-11-17(12-10-16)24-13-3-4-18(21)22/h5-12H,2-4,13H2,1H3,(H,20,23)(H,21,22). The summed E-state index contributed by atoms with van der Waals surface area (Å²) < 4.78 is 5.45. The van der Waals surface area contributed by atoms with Crippen LogP contribution < -0.4 is 10.1 Å². The molecule has 2 rings (SSSR count). The Hall–Kier alpha value is -2.82. The monoisotopic (exact) mass is 327 g/mol. The van der Waals surface area contributed by atoms with Crippen LogP contribution in [0, 0.1) is 0 Å². The zero-order valence-electron chi connectivity index (χ0n) is 13.6. The largest absolute Gasteiger partial charge is 0.494 e. The Morgan fingerprint density at radius 1 is 1.04 bits per heavy atom. The molecule has 0 aliphatic carbocycles. The molecule has 0 fully saturated rings. The van der Waals surface area contributed by atoms with Gasteiger partial charge in [0.1, 0.15) is 5.75 Å². The van der Waals surface area contributed by atoms with E-state index in [1.165, 1.54) is 5.56 Å². The zero-order chi connectivity index (χ0) is 17.4. The van der Waals surface area contributed by atoms with E-state index in [0.717, 1.165) is 6.42 Å². The number of carboxylic acids is 1. The maximum absolute atomic E-state index is 12.2. The topological polar surface area (TPSA) is 75.6 Å². The van der Waals surface area contributed by atoms with E-state index in [-0.39, 0.29) is 12.3 Å². The van der Waals surface area contributed by atoms with Crippen LogP contribution in [0.25, 0.3) is 0 Å². The highest BCUT2D eigenvalue weighted by atomic mass is 16.5. The van der Waals surface area contributed by atoms with E-state index in [4.69, 9.17) is 9.84 Å². The van der Waals surface area contributed by atoms with Gasteiger partial charge in [-0.1, -0.05) is 19.1 Å². The van der Waals surface area contributed by atoms with Crippen LogP contribution >= 0.6 is 0 Å². The minimum atomic E-state index is -0.830. The van der Waals surface area contributed by atoms with Crippen LogP contribution in [0.1, 0.15) is 35.7 Å². The summed E-state index contributed by atoms with van der Waals surface area (Å²) in [6.07, 6.45) is 1.49. The molecule has 126 valence electrons. The van der Waals surface area contributed by atoms with Gasteiger partial charge in [0.15, 0.2) is 0 Å². The molecule has 24 heavy (non-hydrogen) atoms. The number of ether oxygens (including phenoxy) is 1. The number of carbonyl (C=O) groups is 2. The first-order chi connectivity index (χ1) is 11.6. The van der Waals surface area contributed by atoms with Crippen LogP contribution in [0.15, 0.2) is 48.5 Å². The number of nitrogens with one attached hydrogen (secondary N) is 1. The number of rotatable bonds is 8. The predicted octanol–water partition coefficient (Wildman–Crippen LogP) is 3.74. The van der Waals surface area contributed by atoms with Crippen molar-refractivity contribution in [3.63, 3.8) is 0 Å². The van der Waals surface area contributed by atoms with Crippen molar-refractivity contribution in [3.05, 3.63) is 59.7 Å². The molecular weight excluding hydrogens is 306 g/mol. The number of aryl methyl sites for hydroxylation is 1. The molecule has 0 bridgehead atoms. The smallest absolute Gasteiger partial charge is 0.303 e. The second-order valence-electron chi connectivity index (χ2n) is 5.37. The Balaban J connectivity index is 1.86. The second-order valence-corrected chi connectivity index (χ2v) is 5.37. The lowest BCUT2D eigenvalue weighted by Crippen LogP contribution is -2.11. The molecule has 0 spiro atoms. The van der Waals surface area contributed by atoms with Crippen molar-refractivity contribution < 1.29 is 19.4 Å². The van der Waals surface area contributed by atoms with E-state index in [1.807, 2.05) is 24.3 Å². The highest BCUT2D eigenvalue weighted by Crippen LogP contribution is 2.17. The molecule has 2 aromatic rings. The molecule has 0 aromatic heterocycles. The molecule has 5 nitrogen and oxygen atoms in total. The lowest BCUT2D eigenvalue weighted by molar-refractivity contribution is -0.137. The fourth-order valence-electron chi connectivity index (χ4n) is 2.14. The minimum Gasteiger partial charge on any atom is -0.494 e. The van der Waals surface area contributed by atoms with Crippen molar-refractivity contribution in [2.45, 2.75) is 26.2 Å². The number of benzene rings is 2. The molecule has 2 N–H and O–H groups in total. The van der Waals surface area contributed by atoms with E-state index in [1.54, 1.807) is 24.3 Å². The average Bonchev–Trinajstić information content (AvgIpc) is 2.60. The maximum atomic E-state index is 12.2. The van der Waals surface area contributed by atoms with Crippen molar-refractivity contribution in [3.8, 4) is 5.75 Å². The van der Waals surface area contributed by atoms with Crippen LogP contribution in [0.2, 0.25) is 0 Å². The third-order valence-corrected chi connectivity index (χ3v) is 3.54. The third-order valence-electron chi connectivity index (χ3n) is 3.54. The van der Waals surface area contributed by atoms with Crippen LogP contribution in [0.4, 0.5) is 5.69 Å².